The van der Waals surface area contributed by atoms with Crippen LogP contribution in [0.25, 0.3) is 0 Å². The highest BCUT2D eigenvalue weighted by atomic mass is 35.5. The maximum atomic E-state index is 11.1. The number of aryl methyl sites for hydroxylation is 1. The summed E-state index contributed by atoms with van der Waals surface area (Å²) in [6, 6.07) is 10.5. The minimum atomic E-state index is -1.05. The van der Waals surface area contributed by atoms with Crippen LogP contribution in [0.1, 0.15) is 15.9 Å². The number of rotatable bonds is 3. The van der Waals surface area contributed by atoms with Crippen molar-refractivity contribution in [2.75, 3.05) is 11.1 Å². The van der Waals surface area contributed by atoms with Crippen LogP contribution in [0.5, 0.6) is 0 Å². The lowest BCUT2D eigenvalue weighted by atomic mass is 10.1. The first kappa shape index (κ1) is 13.2. The molecule has 19 heavy (non-hydrogen) atoms. The van der Waals surface area contributed by atoms with Crippen molar-refractivity contribution in [3.05, 3.63) is 52.5 Å². The summed E-state index contributed by atoms with van der Waals surface area (Å²) in [6.07, 6.45) is 0. The zero-order chi connectivity index (χ0) is 14.0. The molecule has 5 heteroatoms. The summed E-state index contributed by atoms with van der Waals surface area (Å²) in [6.45, 7) is 1.76. The van der Waals surface area contributed by atoms with Crippen LogP contribution in [0.3, 0.4) is 0 Å². The molecule has 98 valence electrons. The van der Waals surface area contributed by atoms with Crippen LogP contribution in [-0.4, -0.2) is 11.1 Å². The summed E-state index contributed by atoms with van der Waals surface area (Å²) in [5, 5.41) is 12.7. The summed E-state index contributed by atoms with van der Waals surface area (Å²) < 4.78 is 0. The van der Waals surface area contributed by atoms with E-state index in [2.05, 4.69) is 5.32 Å². The smallest absolute Gasteiger partial charge is 0.337 e. The van der Waals surface area contributed by atoms with Gasteiger partial charge in [0.05, 0.1) is 16.3 Å². The van der Waals surface area contributed by atoms with Crippen molar-refractivity contribution in [3.8, 4) is 0 Å². The molecule has 0 aromatic heterocycles. The van der Waals surface area contributed by atoms with Gasteiger partial charge in [-0.05, 0) is 36.8 Å². The van der Waals surface area contributed by atoms with E-state index >= 15 is 0 Å². The van der Waals surface area contributed by atoms with Crippen LogP contribution in [-0.2, 0) is 0 Å². The van der Waals surface area contributed by atoms with Crippen LogP contribution < -0.4 is 11.1 Å². The van der Waals surface area contributed by atoms with Crippen molar-refractivity contribution in [2.45, 2.75) is 6.92 Å². The van der Waals surface area contributed by atoms with Gasteiger partial charge in [0, 0.05) is 11.4 Å². The predicted octanol–water partition coefficient (Wildman–Crippen LogP) is 3.67. The number of carboxylic acids is 1. The second-order valence-corrected chi connectivity index (χ2v) is 4.57. The molecule has 0 heterocycles. The highest BCUT2D eigenvalue weighted by molar-refractivity contribution is 6.33. The second kappa shape index (κ2) is 5.20. The third kappa shape index (κ3) is 2.80. The number of nitrogen functional groups attached to an aromatic ring is 1. The Morgan fingerprint density at radius 2 is 2.00 bits per heavy atom. The van der Waals surface area contributed by atoms with Crippen LogP contribution in [0.2, 0.25) is 5.02 Å². The van der Waals surface area contributed by atoms with Crippen molar-refractivity contribution in [1.82, 2.24) is 0 Å². The fourth-order valence-electron chi connectivity index (χ4n) is 1.77. The van der Waals surface area contributed by atoms with E-state index in [1.807, 2.05) is 18.2 Å². The Bertz CT molecular complexity index is 641. The average Bonchev–Trinajstić information content (AvgIpc) is 2.36. The van der Waals surface area contributed by atoms with Crippen molar-refractivity contribution in [1.29, 1.82) is 0 Å². The van der Waals surface area contributed by atoms with Gasteiger partial charge in [-0.3, -0.25) is 0 Å². The number of carbonyl (C=O) groups is 1. The molecule has 0 atom stereocenters. The molecule has 0 aliphatic rings. The van der Waals surface area contributed by atoms with Gasteiger partial charge >= 0.3 is 5.97 Å². The molecule has 2 rings (SSSR count). The van der Waals surface area contributed by atoms with Gasteiger partial charge in [0.15, 0.2) is 0 Å². The quantitative estimate of drug-likeness (QED) is 0.748. The number of hydrogen-bond donors (Lipinski definition) is 3. The third-order valence-electron chi connectivity index (χ3n) is 2.77. The Kier molecular flexibility index (Phi) is 3.62. The lowest BCUT2D eigenvalue weighted by Crippen LogP contribution is -2.05. The van der Waals surface area contributed by atoms with Crippen LogP contribution in [0, 0.1) is 6.92 Å². The molecular formula is C14H13ClN2O2. The molecule has 0 aliphatic heterocycles. The first-order valence-electron chi connectivity index (χ1n) is 5.64. The van der Waals surface area contributed by atoms with Gasteiger partial charge in [-0.2, -0.15) is 0 Å². The van der Waals surface area contributed by atoms with Crippen LogP contribution >= 0.6 is 11.6 Å². The largest absolute Gasteiger partial charge is 0.478 e. The van der Waals surface area contributed by atoms with E-state index in [1.165, 1.54) is 6.07 Å². The number of para-hydroxylation sites is 1. The molecule has 0 bridgehead atoms. The van der Waals surface area contributed by atoms with E-state index in [1.54, 1.807) is 19.1 Å². The molecule has 0 unspecified atom stereocenters. The zero-order valence-electron chi connectivity index (χ0n) is 10.3. The van der Waals surface area contributed by atoms with E-state index in [0.717, 1.165) is 0 Å². The van der Waals surface area contributed by atoms with E-state index in [-0.39, 0.29) is 11.3 Å². The highest BCUT2D eigenvalue weighted by Gasteiger charge is 2.12. The lowest BCUT2D eigenvalue weighted by Gasteiger charge is -2.12. The second-order valence-electron chi connectivity index (χ2n) is 4.16. The first-order chi connectivity index (χ1) is 8.99. The lowest BCUT2D eigenvalue weighted by molar-refractivity contribution is 0.0698. The van der Waals surface area contributed by atoms with Gasteiger partial charge < -0.3 is 16.2 Å². The maximum Gasteiger partial charge on any atom is 0.337 e. The summed E-state index contributed by atoms with van der Waals surface area (Å²) in [5.74, 6) is -1.05. The van der Waals surface area contributed by atoms with Gasteiger partial charge in [-0.15, -0.1) is 0 Å². The van der Waals surface area contributed by atoms with Gasteiger partial charge in [0.25, 0.3) is 0 Å². The summed E-state index contributed by atoms with van der Waals surface area (Å²) in [7, 11) is 0. The Morgan fingerprint density at radius 3 is 2.63 bits per heavy atom. The van der Waals surface area contributed by atoms with E-state index in [9.17, 15) is 4.79 Å². The average molecular weight is 277 g/mol. The summed E-state index contributed by atoms with van der Waals surface area (Å²) in [4.78, 5) is 11.1. The zero-order valence-corrected chi connectivity index (χ0v) is 11.0. The number of carboxylic acid groups (broad SMARTS) is 1. The van der Waals surface area contributed by atoms with Crippen LogP contribution in [0.4, 0.5) is 17.1 Å². The van der Waals surface area contributed by atoms with Gasteiger partial charge in [0.1, 0.15) is 0 Å². The van der Waals surface area contributed by atoms with Crippen molar-refractivity contribution >= 4 is 34.6 Å². The van der Waals surface area contributed by atoms with E-state index in [4.69, 9.17) is 22.4 Å². The van der Waals surface area contributed by atoms with Crippen molar-refractivity contribution < 1.29 is 9.90 Å². The third-order valence-corrected chi connectivity index (χ3v) is 3.10. The summed E-state index contributed by atoms with van der Waals surface area (Å²) in [5.41, 5.74) is 8.15. The molecule has 4 nitrogen and oxygen atoms in total. The van der Waals surface area contributed by atoms with Crippen LogP contribution in [0.15, 0.2) is 36.4 Å². The number of nitrogens with one attached hydrogen (secondary N) is 1. The SMILES string of the molecule is Cc1cc(Nc2ccccc2Cl)cc(C(=O)O)c1N. The van der Waals surface area contributed by atoms with Gasteiger partial charge in [0.2, 0.25) is 0 Å². The van der Waals surface area contributed by atoms with Gasteiger partial charge in [-0.25, -0.2) is 4.79 Å². The van der Waals surface area contributed by atoms with E-state index in [0.29, 0.717) is 22.0 Å². The molecule has 0 saturated heterocycles. The number of aromatic carboxylic acids is 1. The van der Waals surface area contributed by atoms with Crippen molar-refractivity contribution in [3.63, 3.8) is 0 Å². The molecule has 0 aliphatic carbocycles. The molecule has 2 aromatic rings. The number of nitrogens with two attached hydrogens (primary N) is 1. The number of halogens is 1. The maximum absolute atomic E-state index is 11.1. The Morgan fingerprint density at radius 1 is 1.32 bits per heavy atom. The molecule has 4 N–H and O–H groups in total. The Hall–Kier alpha value is -2.20. The molecule has 0 saturated carbocycles. The summed E-state index contributed by atoms with van der Waals surface area (Å²) >= 11 is 6.04. The highest BCUT2D eigenvalue weighted by Crippen LogP contribution is 2.28. The molecule has 0 radical (unpaired) electrons. The predicted molar refractivity (Wildman–Crippen MR) is 77.3 cm³/mol. The van der Waals surface area contributed by atoms with Crippen molar-refractivity contribution in [2.24, 2.45) is 0 Å². The Balaban J connectivity index is 2.42. The number of anilines is 3. The monoisotopic (exact) mass is 276 g/mol. The topological polar surface area (TPSA) is 75.3 Å². The minimum Gasteiger partial charge on any atom is -0.478 e. The molecule has 0 amide bonds. The number of hydrogen-bond acceptors (Lipinski definition) is 3. The number of benzene rings is 2. The molecule has 0 fully saturated rings. The first-order valence-corrected chi connectivity index (χ1v) is 6.02. The molecular weight excluding hydrogens is 264 g/mol. The molecule has 2 aromatic carbocycles. The molecule has 0 spiro atoms. The normalized spacial score (nSPS) is 10.2. The van der Waals surface area contributed by atoms with Gasteiger partial charge in [-0.1, -0.05) is 23.7 Å². The standard InChI is InChI=1S/C14H13ClN2O2/c1-8-6-9(7-10(13(8)16)14(18)19)17-12-5-3-2-4-11(12)15/h2-7,17H,16H2,1H3,(H,18,19). The Labute approximate surface area is 115 Å². The van der Waals surface area contributed by atoms with E-state index < -0.39 is 5.97 Å². The fourth-order valence-corrected chi connectivity index (χ4v) is 1.95. The minimum absolute atomic E-state index is 0.0783. The fraction of sp³-hybridized carbons (Fsp3) is 0.0714.